The van der Waals surface area contributed by atoms with Gasteiger partial charge in [-0.05, 0) is 42.7 Å². The third-order valence-electron chi connectivity index (χ3n) is 4.28. The second-order valence-corrected chi connectivity index (χ2v) is 7.03. The number of anilines is 1. The van der Waals surface area contributed by atoms with Gasteiger partial charge in [0, 0.05) is 7.05 Å². The second-order valence-electron chi connectivity index (χ2n) is 6.18. The molecule has 0 aliphatic heterocycles. The average molecular weight is 413 g/mol. The van der Waals surface area contributed by atoms with Crippen LogP contribution >= 0.6 is 11.8 Å². The highest BCUT2D eigenvalue weighted by Gasteiger charge is 2.17. The van der Waals surface area contributed by atoms with Gasteiger partial charge in [0.05, 0.1) is 30.4 Å². The van der Waals surface area contributed by atoms with Crippen molar-refractivity contribution in [2.75, 3.05) is 38.9 Å². The second kappa shape index (κ2) is 9.88. The van der Waals surface area contributed by atoms with E-state index in [0.717, 1.165) is 22.1 Å². The zero-order valence-electron chi connectivity index (χ0n) is 16.7. The maximum Gasteiger partial charge on any atom is 0.322 e. The highest BCUT2D eigenvalue weighted by atomic mass is 32.2. The van der Waals surface area contributed by atoms with Gasteiger partial charge in [-0.1, -0.05) is 18.2 Å². The Balaban J connectivity index is 1.60. The van der Waals surface area contributed by atoms with Crippen LogP contribution in [0, 0.1) is 0 Å². The lowest BCUT2D eigenvalue weighted by Crippen LogP contribution is -2.35. The number of hydrogen-bond donors (Lipinski definition) is 1. The molecule has 29 heavy (non-hydrogen) atoms. The van der Waals surface area contributed by atoms with E-state index < -0.39 is 0 Å². The van der Waals surface area contributed by atoms with E-state index in [1.165, 1.54) is 11.8 Å². The minimum absolute atomic E-state index is 0.226. The van der Waals surface area contributed by atoms with Crippen LogP contribution in [0.15, 0.2) is 65.7 Å². The molecule has 1 aromatic heterocycles. The van der Waals surface area contributed by atoms with Crippen LogP contribution in [0.4, 0.5) is 10.6 Å². The lowest BCUT2D eigenvalue weighted by Gasteiger charge is -2.19. The molecule has 0 spiro atoms. The molecule has 0 unspecified atom stereocenters. The van der Waals surface area contributed by atoms with Crippen molar-refractivity contribution >= 4 is 23.6 Å². The fourth-order valence-corrected chi connectivity index (χ4v) is 3.12. The van der Waals surface area contributed by atoms with Crippen LogP contribution in [-0.2, 0) is 0 Å². The number of urea groups is 1. The van der Waals surface area contributed by atoms with Crippen LogP contribution in [-0.4, -0.2) is 54.3 Å². The van der Waals surface area contributed by atoms with Gasteiger partial charge in [0.2, 0.25) is 0 Å². The lowest BCUT2D eigenvalue weighted by atomic mass is 10.3. The van der Waals surface area contributed by atoms with Gasteiger partial charge in [0.15, 0.2) is 5.82 Å². The van der Waals surface area contributed by atoms with Gasteiger partial charge in [-0.25, -0.2) is 9.48 Å². The summed E-state index contributed by atoms with van der Waals surface area (Å²) in [6, 6.07) is 16.8. The molecule has 0 bridgehead atoms. The van der Waals surface area contributed by atoms with Crippen molar-refractivity contribution in [1.82, 2.24) is 14.7 Å². The normalized spacial score (nSPS) is 10.4. The molecule has 2 aromatic carbocycles. The number of benzene rings is 2. The largest absolute Gasteiger partial charge is 0.497 e. The van der Waals surface area contributed by atoms with Crippen LogP contribution in [0.25, 0.3) is 5.69 Å². The fourth-order valence-electron chi connectivity index (χ4n) is 2.63. The van der Waals surface area contributed by atoms with E-state index in [4.69, 9.17) is 9.47 Å². The minimum Gasteiger partial charge on any atom is -0.497 e. The highest BCUT2D eigenvalue weighted by molar-refractivity contribution is 7.98. The van der Waals surface area contributed by atoms with Crippen LogP contribution < -0.4 is 14.8 Å². The molecular weight excluding hydrogens is 388 g/mol. The number of nitrogens with one attached hydrogen (secondary N) is 1. The topological polar surface area (TPSA) is 68.6 Å². The number of nitrogens with zero attached hydrogens (tertiary/aromatic N) is 3. The third-order valence-corrected chi connectivity index (χ3v) is 5.02. The molecule has 0 aliphatic carbocycles. The molecular formula is C21H24N4O3S. The standard InChI is InChI=1S/C21H24N4O3S/c1-24(13-14-28-18-11-9-17(27-2)10-12-18)21(26)23-20-19(29-3)15-22-25(20)16-7-5-4-6-8-16/h4-12,15H,13-14H2,1-3H3,(H,23,26). The first-order valence-corrected chi connectivity index (χ1v) is 10.3. The number of hydrogen-bond acceptors (Lipinski definition) is 5. The monoisotopic (exact) mass is 412 g/mol. The van der Waals surface area contributed by atoms with Crippen molar-refractivity contribution < 1.29 is 14.3 Å². The predicted molar refractivity (Wildman–Crippen MR) is 115 cm³/mol. The van der Waals surface area contributed by atoms with E-state index >= 15 is 0 Å². The molecule has 152 valence electrons. The van der Waals surface area contributed by atoms with E-state index in [1.807, 2.05) is 60.9 Å². The number of likely N-dealkylation sites (N-methyl/N-ethyl adjacent to an activating group) is 1. The van der Waals surface area contributed by atoms with Gasteiger partial charge in [-0.2, -0.15) is 5.10 Å². The Morgan fingerprint density at radius 3 is 2.48 bits per heavy atom. The summed E-state index contributed by atoms with van der Waals surface area (Å²) in [6.45, 7) is 0.815. The van der Waals surface area contributed by atoms with Gasteiger partial charge in [0.1, 0.15) is 18.1 Å². The number of aromatic nitrogens is 2. The maximum absolute atomic E-state index is 12.7. The van der Waals surface area contributed by atoms with Crippen molar-refractivity contribution in [2.24, 2.45) is 0 Å². The maximum atomic E-state index is 12.7. The Kier molecular flexibility index (Phi) is 7.02. The van der Waals surface area contributed by atoms with Crippen LogP contribution in [0.1, 0.15) is 0 Å². The third kappa shape index (κ3) is 5.23. The van der Waals surface area contributed by atoms with Crippen LogP contribution in [0.3, 0.4) is 0 Å². The molecule has 0 radical (unpaired) electrons. The molecule has 3 rings (SSSR count). The quantitative estimate of drug-likeness (QED) is 0.563. The Morgan fingerprint density at radius 2 is 1.83 bits per heavy atom. The molecule has 8 heteroatoms. The number of para-hydroxylation sites is 1. The molecule has 0 aliphatic rings. The Labute approximate surface area is 174 Å². The number of carbonyl (C=O) groups excluding carboxylic acids is 1. The number of thioether (sulfide) groups is 1. The summed E-state index contributed by atoms with van der Waals surface area (Å²) >= 11 is 1.53. The van der Waals surface area contributed by atoms with Crippen molar-refractivity contribution in [1.29, 1.82) is 0 Å². The molecule has 0 fully saturated rings. The molecule has 1 heterocycles. The van der Waals surface area contributed by atoms with E-state index in [1.54, 1.807) is 29.9 Å². The zero-order chi connectivity index (χ0) is 20.6. The predicted octanol–water partition coefficient (Wildman–Crippen LogP) is 4.15. The van der Waals surface area contributed by atoms with Gasteiger partial charge in [-0.15, -0.1) is 11.8 Å². The zero-order valence-corrected chi connectivity index (χ0v) is 17.5. The summed E-state index contributed by atoms with van der Waals surface area (Å²) in [5.41, 5.74) is 0.883. The van der Waals surface area contributed by atoms with E-state index in [9.17, 15) is 4.79 Å². The number of rotatable bonds is 8. The van der Waals surface area contributed by atoms with Crippen LogP contribution in [0.5, 0.6) is 11.5 Å². The van der Waals surface area contributed by atoms with Crippen molar-refractivity contribution in [3.8, 4) is 17.2 Å². The van der Waals surface area contributed by atoms with Crippen LogP contribution in [0.2, 0.25) is 0 Å². The molecule has 0 saturated carbocycles. The summed E-state index contributed by atoms with van der Waals surface area (Å²) in [4.78, 5) is 15.2. The number of ether oxygens (including phenoxy) is 2. The smallest absolute Gasteiger partial charge is 0.322 e. The van der Waals surface area contributed by atoms with E-state index in [-0.39, 0.29) is 6.03 Å². The van der Waals surface area contributed by atoms with E-state index in [0.29, 0.717) is 19.0 Å². The first-order valence-electron chi connectivity index (χ1n) is 9.08. The number of amides is 2. The number of carbonyl (C=O) groups is 1. The Hall–Kier alpha value is -3.13. The molecule has 7 nitrogen and oxygen atoms in total. The molecule has 3 aromatic rings. The minimum atomic E-state index is -0.226. The Bertz CT molecular complexity index is 929. The molecule has 0 atom stereocenters. The SMILES string of the molecule is COc1ccc(OCCN(C)C(=O)Nc2c(SC)cnn2-c2ccccc2)cc1. The van der Waals surface area contributed by atoms with Gasteiger partial charge in [-0.3, -0.25) is 5.32 Å². The molecule has 1 N–H and O–H groups in total. The molecule has 0 saturated heterocycles. The van der Waals surface area contributed by atoms with Gasteiger partial charge >= 0.3 is 6.03 Å². The Morgan fingerprint density at radius 1 is 1.14 bits per heavy atom. The average Bonchev–Trinajstić information content (AvgIpc) is 3.17. The lowest BCUT2D eigenvalue weighted by molar-refractivity contribution is 0.207. The van der Waals surface area contributed by atoms with Gasteiger partial charge < -0.3 is 14.4 Å². The fraction of sp³-hybridized carbons (Fsp3) is 0.238. The van der Waals surface area contributed by atoms with Crippen molar-refractivity contribution in [3.05, 3.63) is 60.8 Å². The highest BCUT2D eigenvalue weighted by Crippen LogP contribution is 2.27. The first-order chi connectivity index (χ1) is 14.1. The van der Waals surface area contributed by atoms with E-state index in [2.05, 4.69) is 10.4 Å². The molecule has 2 amide bonds. The van der Waals surface area contributed by atoms with Crippen molar-refractivity contribution in [2.45, 2.75) is 4.90 Å². The summed E-state index contributed by atoms with van der Waals surface area (Å²) in [5, 5.41) is 7.38. The first kappa shape index (κ1) is 20.6. The van der Waals surface area contributed by atoms with Gasteiger partial charge in [0.25, 0.3) is 0 Å². The summed E-state index contributed by atoms with van der Waals surface area (Å²) in [7, 11) is 3.35. The summed E-state index contributed by atoms with van der Waals surface area (Å²) < 4.78 is 12.6. The summed E-state index contributed by atoms with van der Waals surface area (Å²) in [6.07, 6.45) is 3.70. The summed E-state index contributed by atoms with van der Waals surface area (Å²) in [5.74, 6) is 2.15. The number of methoxy groups -OCH3 is 1. The van der Waals surface area contributed by atoms with Crippen molar-refractivity contribution in [3.63, 3.8) is 0 Å².